The third kappa shape index (κ3) is 7.52. The van der Waals surface area contributed by atoms with Gasteiger partial charge in [0, 0.05) is 17.9 Å². The molecule has 5 unspecified atom stereocenters. The molecule has 11 heteroatoms. The van der Waals surface area contributed by atoms with Crippen molar-refractivity contribution >= 4 is 41.4 Å². The number of thioether (sulfide) groups is 2. The Morgan fingerprint density at radius 3 is 2.58 bits per heavy atom. The van der Waals surface area contributed by atoms with Crippen LogP contribution in [0.2, 0.25) is 0 Å². The van der Waals surface area contributed by atoms with Gasteiger partial charge in [-0.05, 0) is 31.9 Å². The molecule has 176 valence electrons. The highest BCUT2D eigenvalue weighted by molar-refractivity contribution is 8.01. The number of fused-ring (bicyclic) bond motifs is 1. The van der Waals surface area contributed by atoms with Crippen molar-refractivity contribution in [2.45, 2.75) is 61.1 Å². The van der Waals surface area contributed by atoms with Gasteiger partial charge in [-0.3, -0.25) is 20.2 Å². The fourth-order valence-corrected chi connectivity index (χ4v) is 6.84. The van der Waals surface area contributed by atoms with Crippen LogP contribution in [-0.4, -0.2) is 78.7 Å². The zero-order chi connectivity index (χ0) is 22.1. The predicted octanol–water partition coefficient (Wildman–Crippen LogP) is 1.46. The van der Waals surface area contributed by atoms with Crippen molar-refractivity contribution in [2.75, 3.05) is 38.8 Å². The minimum atomic E-state index is -0.794. The summed E-state index contributed by atoms with van der Waals surface area (Å²) >= 11 is 3.23. The highest BCUT2D eigenvalue weighted by Gasteiger charge is 2.41. The van der Waals surface area contributed by atoms with E-state index in [9.17, 15) is 14.4 Å². The quantitative estimate of drug-likeness (QED) is 0.404. The molecule has 0 spiro atoms. The summed E-state index contributed by atoms with van der Waals surface area (Å²) in [6, 6.07) is 0.405. The molecule has 0 radical (unpaired) electrons. The number of rotatable bonds is 10. The Balaban J connectivity index is 1.35. The van der Waals surface area contributed by atoms with E-state index >= 15 is 0 Å². The number of nitrogens with one attached hydrogen (secondary N) is 3. The second-order valence-electron chi connectivity index (χ2n) is 7.74. The molecule has 0 bridgehead atoms. The topological polar surface area (TPSA) is 115 Å². The minimum absolute atomic E-state index is 0.0533. The molecule has 2 saturated heterocycles. The summed E-state index contributed by atoms with van der Waals surface area (Å²) in [5.41, 5.74) is 0. The van der Waals surface area contributed by atoms with E-state index in [4.69, 9.17) is 14.2 Å². The van der Waals surface area contributed by atoms with E-state index in [0.29, 0.717) is 37.5 Å². The number of imide groups is 1. The van der Waals surface area contributed by atoms with Crippen LogP contribution in [0.4, 0.5) is 4.79 Å². The smallest absolute Gasteiger partial charge is 0.413 e. The molecule has 3 aliphatic rings. The van der Waals surface area contributed by atoms with Gasteiger partial charge in [0.1, 0.15) is 12.0 Å². The van der Waals surface area contributed by atoms with Gasteiger partial charge in [-0.1, -0.05) is 12.8 Å². The average molecular weight is 476 g/mol. The summed E-state index contributed by atoms with van der Waals surface area (Å²) in [5, 5.41) is 8.61. The maximum atomic E-state index is 12.7. The maximum absolute atomic E-state index is 12.7. The van der Waals surface area contributed by atoms with Gasteiger partial charge in [0.15, 0.2) is 0 Å². The highest BCUT2D eigenvalue weighted by Crippen LogP contribution is 2.37. The Morgan fingerprint density at radius 1 is 1.00 bits per heavy atom. The van der Waals surface area contributed by atoms with Crippen LogP contribution < -0.4 is 16.0 Å². The molecule has 1 saturated carbocycles. The van der Waals surface area contributed by atoms with E-state index in [0.717, 1.165) is 18.6 Å². The lowest BCUT2D eigenvalue weighted by molar-refractivity contribution is -0.125. The summed E-state index contributed by atoms with van der Waals surface area (Å²) < 4.78 is 15.4. The minimum Gasteiger partial charge on any atom is -0.447 e. The van der Waals surface area contributed by atoms with Gasteiger partial charge in [0.2, 0.25) is 11.8 Å². The standard InChI is InChI=1S/C20H33N3O6S2/c1-2-27-8-9-28-10-11-29-20(26)23-16(24)13-7-12-30-18(13)22-17(25)19-21-14-5-3-4-6-15(14)31-19/h13-15,18-19,21H,2-12H2,1H3,(H,22,25)(H,23,24,26). The second-order valence-corrected chi connectivity index (χ2v) is 10.3. The molecule has 2 heterocycles. The first kappa shape index (κ1) is 24.6. The van der Waals surface area contributed by atoms with Gasteiger partial charge >= 0.3 is 6.09 Å². The van der Waals surface area contributed by atoms with Crippen LogP contribution in [0.15, 0.2) is 0 Å². The Bertz CT molecular complexity index is 612. The molecule has 5 atom stereocenters. The van der Waals surface area contributed by atoms with Crippen LogP contribution in [-0.2, 0) is 23.8 Å². The van der Waals surface area contributed by atoms with E-state index in [-0.39, 0.29) is 29.9 Å². The monoisotopic (exact) mass is 475 g/mol. The number of ether oxygens (including phenoxy) is 3. The summed E-state index contributed by atoms with van der Waals surface area (Å²) in [5.74, 6) is -0.207. The average Bonchev–Trinajstić information content (AvgIpc) is 3.40. The van der Waals surface area contributed by atoms with Crippen LogP contribution >= 0.6 is 23.5 Å². The van der Waals surface area contributed by atoms with Crippen molar-refractivity contribution in [3.05, 3.63) is 0 Å². The molecule has 0 aromatic carbocycles. The molecule has 3 N–H and O–H groups in total. The van der Waals surface area contributed by atoms with Gasteiger partial charge < -0.3 is 19.5 Å². The van der Waals surface area contributed by atoms with Gasteiger partial charge in [0.25, 0.3) is 0 Å². The van der Waals surface area contributed by atoms with Crippen LogP contribution in [0.3, 0.4) is 0 Å². The molecule has 9 nitrogen and oxygen atoms in total. The molecule has 31 heavy (non-hydrogen) atoms. The zero-order valence-corrected chi connectivity index (χ0v) is 19.6. The molecular weight excluding hydrogens is 442 g/mol. The first-order valence-corrected chi connectivity index (χ1v) is 13.0. The van der Waals surface area contributed by atoms with E-state index < -0.39 is 17.9 Å². The Hall–Kier alpha value is -1.01. The Labute approximate surface area is 191 Å². The molecule has 3 amide bonds. The van der Waals surface area contributed by atoms with Crippen molar-refractivity contribution in [2.24, 2.45) is 5.92 Å². The van der Waals surface area contributed by atoms with Gasteiger partial charge in [-0.15, -0.1) is 23.5 Å². The largest absolute Gasteiger partial charge is 0.447 e. The highest BCUT2D eigenvalue weighted by atomic mass is 32.2. The third-order valence-electron chi connectivity index (χ3n) is 5.59. The van der Waals surface area contributed by atoms with Crippen molar-refractivity contribution in [1.29, 1.82) is 0 Å². The van der Waals surface area contributed by atoms with Gasteiger partial charge in [-0.25, -0.2) is 4.79 Å². The molecule has 0 aromatic rings. The van der Waals surface area contributed by atoms with Crippen LogP contribution in [0.5, 0.6) is 0 Å². The molecule has 3 rings (SSSR count). The number of carbonyl (C=O) groups is 3. The lowest BCUT2D eigenvalue weighted by Gasteiger charge is -2.23. The van der Waals surface area contributed by atoms with E-state index in [2.05, 4.69) is 16.0 Å². The zero-order valence-electron chi connectivity index (χ0n) is 17.9. The summed E-state index contributed by atoms with van der Waals surface area (Å²) in [6.07, 6.45) is 4.50. The summed E-state index contributed by atoms with van der Waals surface area (Å²) in [4.78, 5) is 37.2. The van der Waals surface area contributed by atoms with Crippen molar-refractivity contribution < 1.29 is 28.6 Å². The number of carbonyl (C=O) groups excluding carboxylic acids is 3. The second kappa shape index (κ2) is 12.9. The Morgan fingerprint density at radius 2 is 1.77 bits per heavy atom. The lowest BCUT2D eigenvalue weighted by Crippen LogP contribution is -2.49. The fourth-order valence-electron chi connectivity index (χ4n) is 4.00. The number of hydrogen-bond donors (Lipinski definition) is 3. The number of hydrogen-bond acceptors (Lipinski definition) is 9. The van der Waals surface area contributed by atoms with Crippen LogP contribution in [0.25, 0.3) is 0 Å². The maximum Gasteiger partial charge on any atom is 0.413 e. The summed E-state index contributed by atoms with van der Waals surface area (Å²) in [6.45, 7) is 3.73. The van der Waals surface area contributed by atoms with Crippen LogP contribution in [0.1, 0.15) is 39.0 Å². The van der Waals surface area contributed by atoms with Gasteiger partial charge in [-0.2, -0.15) is 0 Å². The molecule has 0 aromatic heterocycles. The van der Waals surface area contributed by atoms with Crippen molar-refractivity contribution in [1.82, 2.24) is 16.0 Å². The molecule has 1 aliphatic carbocycles. The predicted molar refractivity (Wildman–Crippen MR) is 120 cm³/mol. The van der Waals surface area contributed by atoms with Gasteiger partial charge in [0.05, 0.1) is 31.1 Å². The summed E-state index contributed by atoms with van der Waals surface area (Å²) in [7, 11) is 0. The fraction of sp³-hybridized carbons (Fsp3) is 0.850. The molecule has 3 fully saturated rings. The molecule has 2 aliphatic heterocycles. The third-order valence-corrected chi connectivity index (χ3v) is 8.41. The van der Waals surface area contributed by atoms with Crippen molar-refractivity contribution in [3.63, 3.8) is 0 Å². The number of amides is 3. The SMILES string of the molecule is CCOCCOCCOC(=O)NC(=O)C1CCSC1NC(=O)C1NC2CCCCC2S1. The lowest BCUT2D eigenvalue weighted by atomic mass is 9.95. The van der Waals surface area contributed by atoms with E-state index in [1.165, 1.54) is 24.6 Å². The molecular formula is C20H33N3O6S2. The first-order chi connectivity index (χ1) is 15.1. The van der Waals surface area contributed by atoms with E-state index in [1.807, 2.05) is 6.92 Å². The Kier molecular flexibility index (Phi) is 10.2. The van der Waals surface area contributed by atoms with Crippen LogP contribution in [0, 0.1) is 5.92 Å². The normalized spacial score (nSPS) is 29.9. The van der Waals surface area contributed by atoms with E-state index in [1.54, 1.807) is 11.8 Å². The van der Waals surface area contributed by atoms with Crippen molar-refractivity contribution in [3.8, 4) is 0 Å². The number of alkyl carbamates (subject to hydrolysis) is 1. The first-order valence-electron chi connectivity index (χ1n) is 11.0.